The number of unbranched alkanes of at least 4 members (excludes halogenated alkanes) is 1. The largest absolute Gasteiger partial charge is 0.369 e. The maximum absolute atomic E-state index is 12.1. The van der Waals surface area contributed by atoms with Crippen molar-refractivity contribution in [2.24, 2.45) is 5.73 Å². The summed E-state index contributed by atoms with van der Waals surface area (Å²) in [5.74, 6) is -0.774. The van der Waals surface area contributed by atoms with Crippen molar-refractivity contribution in [3.05, 3.63) is 35.4 Å². The SMILES string of the molecule is CCCCc1cccc(CS(=O)(=O)N(C)CC(N)=O)c1. The molecule has 0 aliphatic rings. The first-order valence-corrected chi connectivity index (χ1v) is 8.26. The highest BCUT2D eigenvalue weighted by Crippen LogP contribution is 2.13. The molecular weight excluding hydrogens is 276 g/mol. The molecule has 0 saturated heterocycles. The van der Waals surface area contributed by atoms with Crippen molar-refractivity contribution in [1.29, 1.82) is 0 Å². The Labute approximate surface area is 120 Å². The number of sulfonamides is 1. The van der Waals surface area contributed by atoms with Crippen LogP contribution in [-0.4, -0.2) is 32.2 Å². The number of carbonyl (C=O) groups excluding carboxylic acids is 1. The molecule has 6 heteroatoms. The number of primary amides is 1. The lowest BCUT2D eigenvalue weighted by atomic mass is 10.1. The van der Waals surface area contributed by atoms with Crippen LogP contribution in [0.5, 0.6) is 0 Å². The average molecular weight is 298 g/mol. The number of nitrogens with zero attached hydrogens (tertiary/aromatic N) is 1. The highest BCUT2D eigenvalue weighted by molar-refractivity contribution is 7.88. The van der Waals surface area contributed by atoms with Crippen LogP contribution < -0.4 is 5.73 Å². The monoisotopic (exact) mass is 298 g/mol. The van der Waals surface area contributed by atoms with Gasteiger partial charge in [-0.15, -0.1) is 0 Å². The molecule has 5 nitrogen and oxygen atoms in total. The van der Waals surface area contributed by atoms with Crippen LogP contribution in [0.1, 0.15) is 30.9 Å². The van der Waals surface area contributed by atoms with Crippen LogP contribution in [0.3, 0.4) is 0 Å². The molecule has 0 aromatic heterocycles. The zero-order valence-corrected chi connectivity index (χ0v) is 12.8. The Balaban J connectivity index is 2.79. The van der Waals surface area contributed by atoms with Crippen LogP contribution in [0.15, 0.2) is 24.3 Å². The molecule has 0 spiro atoms. The lowest BCUT2D eigenvalue weighted by Gasteiger charge is -2.15. The van der Waals surface area contributed by atoms with Crippen LogP contribution >= 0.6 is 0 Å². The van der Waals surface area contributed by atoms with Gasteiger partial charge in [-0.2, -0.15) is 4.31 Å². The van der Waals surface area contributed by atoms with Gasteiger partial charge in [0.15, 0.2) is 0 Å². The fourth-order valence-electron chi connectivity index (χ4n) is 1.89. The fourth-order valence-corrected chi connectivity index (χ4v) is 3.04. The topological polar surface area (TPSA) is 80.5 Å². The lowest BCUT2D eigenvalue weighted by molar-refractivity contribution is -0.118. The first-order valence-electron chi connectivity index (χ1n) is 6.65. The number of benzene rings is 1. The fraction of sp³-hybridized carbons (Fsp3) is 0.500. The van der Waals surface area contributed by atoms with Gasteiger partial charge in [0.05, 0.1) is 12.3 Å². The van der Waals surface area contributed by atoms with E-state index in [-0.39, 0.29) is 12.3 Å². The predicted octanol–water partition coefficient (Wildman–Crippen LogP) is 1.28. The normalized spacial score (nSPS) is 11.8. The van der Waals surface area contributed by atoms with Gasteiger partial charge >= 0.3 is 0 Å². The molecule has 1 aromatic carbocycles. The molecule has 0 heterocycles. The summed E-state index contributed by atoms with van der Waals surface area (Å²) < 4.78 is 25.2. The number of likely N-dealkylation sites (N-methyl/N-ethyl adjacent to an activating group) is 1. The van der Waals surface area contributed by atoms with Crippen LogP contribution in [0.25, 0.3) is 0 Å². The lowest BCUT2D eigenvalue weighted by Crippen LogP contribution is -2.36. The number of amides is 1. The highest BCUT2D eigenvalue weighted by Gasteiger charge is 2.20. The highest BCUT2D eigenvalue weighted by atomic mass is 32.2. The second kappa shape index (κ2) is 7.40. The summed E-state index contributed by atoms with van der Waals surface area (Å²) in [5, 5.41) is 0. The number of aryl methyl sites for hydroxylation is 1. The third-order valence-electron chi connectivity index (χ3n) is 3.01. The van der Waals surface area contributed by atoms with Gasteiger partial charge in [-0.1, -0.05) is 37.6 Å². The Morgan fingerprint density at radius 3 is 2.55 bits per heavy atom. The van der Waals surface area contributed by atoms with Crippen LogP contribution in [0, 0.1) is 0 Å². The summed E-state index contributed by atoms with van der Waals surface area (Å²) >= 11 is 0. The van der Waals surface area contributed by atoms with E-state index in [1.807, 2.05) is 18.2 Å². The quantitative estimate of drug-likeness (QED) is 0.785. The molecule has 0 aliphatic carbocycles. The summed E-state index contributed by atoms with van der Waals surface area (Å²) in [6.07, 6.45) is 3.13. The number of hydrogen-bond donors (Lipinski definition) is 1. The van der Waals surface area contributed by atoms with Gasteiger partial charge < -0.3 is 5.73 Å². The van der Waals surface area contributed by atoms with E-state index in [1.54, 1.807) is 6.07 Å². The minimum absolute atomic E-state index is 0.114. The maximum atomic E-state index is 12.1. The number of carbonyl (C=O) groups is 1. The van der Waals surface area contributed by atoms with E-state index in [0.29, 0.717) is 0 Å². The molecule has 1 rings (SSSR count). The standard InChI is InChI=1S/C14H22N2O3S/c1-3-4-6-12-7-5-8-13(9-12)11-20(18,19)16(2)10-14(15)17/h5,7-9H,3-4,6,10-11H2,1-2H3,(H2,15,17). The number of hydrogen-bond acceptors (Lipinski definition) is 3. The molecule has 20 heavy (non-hydrogen) atoms. The van der Waals surface area contributed by atoms with Crippen molar-refractivity contribution in [2.45, 2.75) is 31.9 Å². The molecule has 1 amide bonds. The Morgan fingerprint density at radius 2 is 1.95 bits per heavy atom. The van der Waals surface area contributed by atoms with Crippen LogP contribution in [0.4, 0.5) is 0 Å². The molecule has 0 aliphatic heterocycles. The van der Waals surface area contributed by atoms with Crippen molar-refractivity contribution in [1.82, 2.24) is 4.31 Å². The smallest absolute Gasteiger partial charge is 0.232 e. The minimum Gasteiger partial charge on any atom is -0.369 e. The van der Waals surface area contributed by atoms with E-state index < -0.39 is 15.9 Å². The molecule has 0 bridgehead atoms. The van der Waals surface area contributed by atoms with Gasteiger partial charge in [0.1, 0.15) is 0 Å². The van der Waals surface area contributed by atoms with Gasteiger partial charge in [0.2, 0.25) is 15.9 Å². The summed E-state index contributed by atoms with van der Waals surface area (Å²) in [5.41, 5.74) is 6.88. The second-order valence-corrected chi connectivity index (χ2v) is 6.98. The van der Waals surface area contributed by atoms with E-state index in [0.717, 1.165) is 34.7 Å². The van der Waals surface area contributed by atoms with E-state index in [4.69, 9.17) is 5.73 Å². The molecule has 0 saturated carbocycles. The van der Waals surface area contributed by atoms with Crippen molar-refractivity contribution in [3.8, 4) is 0 Å². The first kappa shape index (κ1) is 16.7. The van der Waals surface area contributed by atoms with Gasteiger partial charge in [-0.05, 0) is 24.0 Å². The molecule has 112 valence electrons. The van der Waals surface area contributed by atoms with Crippen molar-refractivity contribution >= 4 is 15.9 Å². The molecule has 2 N–H and O–H groups in total. The third kappa shape index (κ3) is 5.30. The Hall–Kier alpha value is -1.40. The Kier molecular flexibility index (Phi) is 6.16. The van der Waals surface area contributed by atoms with E-state index in [9.17, 15) is 13.2 Å². The number of rotatable bonds is 8. The predicted molar refractivity (Wildman–Crippen MR) is 79.5 cm³/mol. The Bertz CT molecular complexity index is 555. The molecule has 0 fully saturated rings. The molecule has 0 atom stereocenters. The van der Waals surface area contributed by atoms with Crippen molar-refractivity contribution in [2.75, 3.05) is 13.6 Å². The Morgan fingerprint density at radius 1 is 1.30 bits per heavy atom. The maximum Gasteiger partial charge on any atom is 0.232 e. The van der Waals surface area contributed by atoms with Gasteiger partial charge in [0.25, 0.3) is 0 Å². The summed E-state index contributed by atoms with van der Waals surface area (Å²) in [4.78, 5) is 10.8. The number of nitrogens with two attached hydrogens (primary N) is 1. The van der Waals surface area contributed by atoms with Gasteiger partial charge in [-0.25, -0.2) is 8.42 Å². The van der Waals surface area contributed by atoms with Gasteiger partial charge in [-0.3, -0.25) is 4.79 Å². The van der Waals surface area contributed by atoms with E-state index in [2.05, 4.69) is 6.92 Å². The summed E-state index contributed by atoms with van der Waals surface area (Å²) in [7, 11) is -2.15. The van der Waals surface area contributed by atoms with E-state index in [1.165, 1.54) is 7.05 Å². The van der Waals surface area contributed by atoms with E-state index >= 15 is 0 Å². The summed E-state index contributed by atoms with van der Waals surface area (Å²) in [6, 6.07) is 7.55. The molecule has 0 radical (unpaired) electrons. The summed E-state index contributed by atoms with van der Waals surface area (Å²) in [6.45, 7) is 1.82. The zero-order chi connectivity index (χ0) is 15.2. The average Bonchev–Trinajstić information content (AvgIpc) is 2.35. The van der Waals surface area contributed by atoms with Crippen molar-refractivity contribution < 1.29 is 13.2 Å². The minimum atomic E-state index is -3.51. The molecule has 1 aromatic rings. The van der Waals surface area contributed by atoms with Crippen LogP contribution in [0.2, 0.25) is 0 Å². The molecule has 0 unspecified atom stereocenters. The van der Waals surface area contributed by atoms with Crippen LogP contribution in [-0.2, 0) is 27.0 Å². The van der Waals surface area contributed by atoms with Gasteiger partial charge in [0, 0.05) is 7.05 Å². The van der Waals surface area contributed by atoms with Crippen molar-refractivity contribution in [3.63, 3.8) is 0 Å². The first-order chi connectivity index (χ1) is 9.35. The second-order valence-electron chi connectivity index (χ2n) is 4.90. The zero-order valence-electron chi connectivity index (χ0n) is 12.0. The molecular formula is C14H22N2O3S. The third-order valence-corrected chi connectivity index (χ3v) is 4.79.